The summed E-state index contributed by atoms with van der Waals surface area (Å²) in [5.74, 6) is -0.291. The molecule has 0 saturated heterocycles. The monoisotopic (exact) mass is 302 g/mol. The molecule has 0 aliphatic heterocycles. The summed E-state index contributed by atoms with van der Waals surface area (Å²) in [6.45, 7) is 1.66. The molecule has 21 heavy (non-hydrogen) atoms. The topological polar surface area (TPSA) is 72.2 Å². The van der Waals surface area contributed by atoms with Gasteiger partial charge in [0, 0.05) is 27.8 Å². The largest absolute Gasteiger partial charge is 0.322 e. The molecule has 2 aromatic rings. The molecule has 2 rings (SSSR count). The van der Waals surface area contributed by atoms with Crippen molar-refractivity contribution < 1.29 is 9.72 Å². The lowest BCUT2D eigenvalue weighted by Crippen LogP contribution is -2.12. The molecule has 0 unspecified atom stereocenters. The summed E-state index contributed by atoms with van der Waals surface area (Å²) >= 11 is 1.59. The van der Waals surface area contributed by atoms with E-state index in [1.807, 2.05) is 18.4 Å². The Morgan fingerprint density at radius 3 is 2.43 bits per heavy atom. The number of amides is 1. The molecule has 0 fully saturated rings. The van der Waals surface area contributed by atoms with E-state index in [-0.39, 0.29) is 11.6 Å². The normalized spacial score (nSPS) is 10.2. The van der Waals surface area contributed by atoms with E-state index >= 15 is 0 Å². The van der Waals surface area contributed by atoms with Crippen LogP contribution < -0.4 is 5.32 Å². The van der Waals surface area contributed by atoms with Crippen molar-refractivity contribution in [3.05, 3.63) is 63.7 Å². The molecule has 0 aliphatic rings. The Labute approximate surface area is 126 Å². The van der Waals surface area contributed by atoms with Crippen LogP contribution in [0.25, 0.3) is 0 Å². The lowest BCUT2D eigenvalue weighted by molar-refractivity contribution is -0.385. The van der Waals surface area contributed by atoms with Crippen LogP contribution in [0.3, 0.4) is 0 Å². The van der Waals surface area contributed by atoms with Crippen LogP contribution in [0.15, 0.2) is 47.4 Å². The summed E-state index contributed by atoms with van der Waals surface area (Å²) in [5.41, 5.74) is 1.47. The van der Waals surface area contributed by atoms with Crippen molar-refractivity contribution in [1.82, 2.24) is 0 Å². The third-order valence-corrected chi connectivity index (χ3v) is 3.76. The first kappa shape index (κ1) is 15.1. The van der Waals surface area contributed by atoms with Gasteiger partial charge >= 0.3 is 0 Å². The Bertz CT molecular complexity index is 684. The van der Waals surface area contributed by atoms with Gasteiger partial charge in [0.2, 0.25) is 0 Å². The van der Waals surface area contributed by atoms with Gasteiger partial charge in [0.15, 0.2) is 0 Å². The van der Waals surface area contributed by atoms with E-state index in [1.54, 1.807) is 43.0 Å². The van der Waals surface area contributed by atoms with E-state index in [2.05, 4.69) is 5.32 Å². The van der Waals surface area contributed by atoms with Gasteiger partial charge in [-0.25, -0.2) is 0 Å². The van der Waals surface area contributed by atoms with Gasteiger partial charge in [0.1, 0.15) is 0 Å². The average Bonchev–Trinajstić information content (AvgIpc) is 2.49. The van der Waals surface area contributed by atoms with Gasteiger partial charge in [-0.15, -0.1) is 11.8 Å². The van der Waals surface area contributed by atoms with Crippen molar-refractivity contribution in [2.45, 2.75) is 11.8 Å². The van der Waals surface area contributed by atoms with Crippen LogP contribution in [-0.2, 0) is 0 Å². The molecule has 0 atom stereocenters. The van der Waals surface area contributed by atoms with E-state index in [4.69, 9.17) is 0 Å². The third kappa shape index (κ3) is 3.61. The van der Waals surface area contributed by atoms with Crippen LogP contribution >= 0.6 is 11.8 Å². The number of carbonyl (C=O) groups is 1. The molecule has 1 N–H and O–H groups in total. The van der Waals surface area contributed by atoms with Gasteiger partial charge in [-0.3, -0.25) is 14.9 Å². The number of carbonyl (C=O) groups excluding carboxylic acids is 1. The average molecular weight is 302 g/mol. The second kappa shape index (κ2) is 6.41. The van der Waals surface area contributed by atoms with Crippen LogP contribution in [0.1, 0.15) is 15.9 Å². The predicted octanol–water partition coefficient (Wildman–Crippen LogP) is 3.88. The maximum Gasteiger partial charge on any atom is 0.274 e. The Morgan fingerprint density at radius 1 is 1.19 bits per heavy atom. The zero-order valence-electron chi connectivity index (χ0n) is 11.6. The first-order valence-corrected chi connectivity index (χ1v) is 7.44. The number of nitro groups is 1. The number of aryl methyl sites for hydroxylation is 1. The van der Waals surface area contributed by atoms with E-state index in [1.165, 1.54) is 6.07 Å². The zero-order valence-corrected chi connectivity index (χ0v) is 12.4. The maximum absolute atomic E-state index is 12.1. The molecule has 0 aliphatic carbocycles. The summed E-state index contributed by atoms with van der Waals surface area (Å²) in [6, 6.07) is 11.8. The highest BCUT2D eigenvalue weighted by Gasteiger charge is 2.13. The maximum atomic E-state index is 12.1. The first-order valence-electron chi connectivity index (χ1n) is 6.21. The quantitative estimate of drug-likeness (QED) is 0.528. The van der Waals surface area contributed by atoms with Gasteiger partial charge in [0.05, 0.1) is 4.92 Å². The van der Waals surface area contributed by atoms with Gasteiger partial charge < -0.3 is 5.32 Å². The molecular formula is C15H14N2O3S. The molecule has 0 spiro atoms. The second-order valence-corrected chi connectivity index (χ2v) is 5.32. The van der Waals surface area contributed by atoms with E-state index in [0.29, 0.717) is 16.8 Å². The molecule has 108 valence electrons. The Morgan fingerprint density at radius 2 is 1.86 bits per heavy atom. The Hall–Kier alpha value is -2.34. The molecule has 2 aromatic carbocycles. The third-order valence-electron chi connectivity index (χ3n) is 3.02. The summed E-state index contributed by atoms with van der Waals surface area (Å²) in [7, 11) is 0. The van der Waals surface area contributed by atoms with Gasteiger partial charge in [-0.1, -0.05) is 6.07 Å². The number of nitro benzene ring substituents is 1. The summed E-state index contributed by atoms with van der Waals surface area (Å²) in [5, 5.41) is 13.6. The highest BCUT2D eigenvalue weighted by atomic mass is 32.2. The number of benzene rings is 2. The number of nitrogens with zero attached hydrogens (tertiary/aromatic N) is 1. The number of hydrogen-bond acceptors (Lipinski definition) is 4. The number of hydrogen-bond donors (Lipinski definition) is 1. The van der Waals surface area contributed by atoms with Crippen molar-refractivity contribution in [1.29, 1.82) is 0 Å². The van der Waals surface area contributed by atoms with Crippen molar-refractivity contribution in [2.24, 2.45) is 0 Å². The van der Waals surface area contributed by atoms with E-state index in [0.717, 1.165) is 4.90 Å². The number of thioether (sulfide) groups is 1. The standard InChI is InChI=1S/C15H14N2O3S/c1-10-3-6-12(9-14(10)17(19)20)16-15(18)11-4-7-13(21-2)8-5-11/h3-9H,1-2H3,(H,16,18). The number of anilines is 1. The minimum atomic E-state index is -0.460. The first-order chi connectivity index (χ1) is 10.0. The van der Waals surface area contributed by atoms with Gasteiger partial charge in [0.25, 0.3) is 11.6 Å². The molecular weight excluding hydrogens is 288 g/mol. The fourth-order valence-electron chi connectivity index (χ4n) is 1.83. The SMILES string of the molecule is CSc1ccc(C(=O)Nc2ccc(C)c([N+](=O)[O-])c2)cc1. The van der Waals surface area contributed by atoms with Crippen molar-refractivity contribution in [3.63, 3.8) is 0 Å². The Kier molecular flexibility index (Phi) is 4.59. The molecule has 0 heterocycles. The van der Waals surface area contributed by atoms with Gasteiger partial charge in [-0.05, 0) is 43.5 Å². The van der Waals surface area contributed by atoms with Crippen molar-refractivity contribution in [2.75, 3.05) is 11.6 Å². The lowest BCUT2D eigenvalue weighted by atomic mass is 10.1. The second-order valence-electron chi connectivity index (χ2n) is 4.44. The summed E-state index contributed by atoms with van der Waals surface area (Å²) in [4.78, 5) is 23.6. The van der Waals surface area contributed by atoms with Crippen molar-refractivity contribution >= 4 is 29.0 Å². The molecule has 0 saturated carbocycles. The van der Waals surface area contributed by atoms with Crippen LogP contribution in [0.4, 0.5) is 11.4 Å². The summed E-state index contributed by atoms with van der Waals surface area (Å²) < 4.78 is 0. The lowest BCUT2D eigenvalue weighted by Gasteiger charge is -2.06. The van der Waals surface area contributed by atoms with Crippen LogP contribution in [-0.4, -0.2) is 17.1 Å². The minimum Gasteiger partial charge on any atom is -0.322 e. The fraction of sp³-hybridized carbons (Fsp3) is 0.133. The highest BCUT2D eigenvalue weighted by molar-refractivity contribution is 7.98. The molecule has 0 aromatic heterocycles. The molecule has 6 heteroatoms. The molecule has 0 bridgehead atoms. The molecule has 0 radical (unpaired) electrons. The number of nitrogens with one attached hydrogen (secondary N) is 1. The smallest absolute Gasteiger partial charge is 0.274 e. The highest BCUT2D eigenvalue weighted by Crippen LogP contribution is 2.23. The number of rotatable bonds is 4. The Balaban J connectivity index is 2.19. The molecule has 1 amide bonds. The molecule has 5 nitrogen and oxygen atoms in total. The van der Waals surface area contributed by atoms with Crippen LogP contribution in [0.2, 0.25) is 0 Å². The van der Waals surface area contributed by atoms with E-state index < -0.39 is 4.92 Å². The van der Waals surface area contributed by atoms with Gasteiger partial charge in [-0.2, -0.15) is 0 Å². The fourth-order valence-corrected chi connectivity index (χ4v) is 2.24. The predicted molar refractivity (Wildman–Crippen MR) is 84.0 cm³/mol. The van der Waals surface area contributed by atoms with E-state index in [9.17, 15) is 14.9 Å². The van der Waals surface area contributed by atoms with Crippen LogP contribution in [0.5, 0.6) is 0 Å². The summed E-state index contributed by atoms with van der Waals surface area (Å²) in [6.07, 6.45) is 1.96. The van der Waals surface area contributed by atoms with Crippen LogP contribution in [0, 0.1) is 17.0 Å². The zero-order chi connectivity index (χ0) is 15.4. The van der Waals surface area contributed by atoms with Crippen molar-refractivity contribution in [3.8, 4) is 0 Å². The minimum absolute atomic E-state index is 0.00877.